The third-order valence-corrected chi connectivity index (χ3v) is 6.68. The molecule has 0 unspecified atom stereocenters. The molecule has 3 heterocycles. The number of hydrogen-bond donors (Lipinski definition) is 3. The van der Waals surface area contributed by atoms with E-state index in [4.69, 9.17) is 5.73 Å². The summed E-state index contributed by atoms with van der Waals surface area (Å²) < 4.78 is 0. The van der Waals surface area contributed by atoms with Crippen LogP contribution in [0.3, 0.4) is 0 Å². The van der Waals surface area contributed by atoms with E-state index in [0.717, 1.165) is 50.3 Å². The van der Waals surface area contributed by atoms with Crippen molar-refractivity contribution in [2.24, 2.45) is 5.73 Å². The molecule has 1 aromatic heterocycles. The summed E-state index contributed by atoms with van der Waals surface area (Å²) in [6.07, 6.45) is 3.72. The largest absolute Gasteiger partial charge is 0.380 e. The van der Waals surface area contributed by atoms with Crippen molar-refractivity contribution in [3.63, 3.8) is 0 Å². The molecule has 8 heteroatoms. The topological polar surface area (TPSA) is 104 Å². The molecule has 2 aliphatic rings. The number of aromatic nitrogens is 1. The van der Waals surface area contributed by atoms with E-state index < -0.39 is 5.91 Å². The maximum atomic E-state index is 12.5. The van der Waals surface area contributed by atoms with Crippen molar-refractivity contribution in [2.45, 2.75) is 25.3 Å². The van der Waals surface area contributed by atoms with E-state index in [1.54, 1.807) is 6.07 Å². The van der Waals surface area contributed by atoms with Crippen LogP contribution in [0, 0.1) is 0 Å². The van der Waals surface area contributed by atoms with Crippen molar-refractivity contribution in [3.05, 3.63) is 83.6 Å². The zero-order valence-electron chi connectivity index (χ0n) is 19.6. The fraction of sp³-hybridized carbons (Fsp3) is 0.296. The summed E-state index contributed by atoms with van der Waals surface area (Å²) in [5.74, 6) is 0.462. The van der Waals surface area contributed by atoms with Crippen molar-refractivity contribution >= 4 is 29.1 Å². The number of benzene rings is 2. The van der Waals surface area contributed by atoms with E-state index in [2.05, 4.69) is 27.8 Å². The Labute approximate surface area is 205 Å². The molecular weight excluding hydrogens is 440 g/mol. The van der Waals surface area contributed by atoms with E-state index in [1.165, 1.54) is 11.8 Å². The highest BCUT2D eigenvalue weighted by Gasteiger charge is 2.34. The monoisotopic (exact) mass is 470 g/mol. The zero-order valence-corrected chi connectivity index (χ0v) is 19.6. The lowest BCUT2D eigenvalue weighted by Gasteiger charge is -2.41. The first-order chi connectivity index (χ1) is 17.1. The normalized spacial score (nSPS) is 15.5. The number of carbonyl (C=O) groups is 2. The van der Waals surface area contributed by atoms with Gasteiger partial charge < -0.3 is 26.2 Å². The Morgan fingerprint density at radius 2 is 1.69 bits per heavy atom. The lowest BCUT2D eigenvalue weighted by Crippen LogP contribution is -2.53. The van der Waals surface area contributed by atoms with Gasteiger partial charge >= 0.3 is 6.03 Å². The summed E-state index contributed by atoms with van der Waals surface area (Å²) in [4.78, 5) is 32.6. The molecule has 35 heavy (non-hydrogen) atoms. The van der Waals surface area contributed by atoms with Crippen molar-refractivity contribution in [2.75, 3.05) is 36.8 Å². The maximum absolute atomic E-state index is 12.5. The third-order valence-electron chi connectivity index (χ3n) is 6.68. The van der Waals surface area contributed by atoms with Crippen LogP contribution in [0.25, 0.3) is 0 Å². The lowest BCUT2D eigenvalue weighted by molar-refractivity contribution is 0.100. The van der Waals surface area contributed by atoms with Gasteiger partial charge in [0.2, 0.25) is 0 Å². The molecular formula is C27H30N6O2. The molecule has 0 saturated carbocycles. The molecule has 2 aromatic carbocycles. The van der Waals surface area contributed by atoms with E-state index in [1.807, 2.05) is 52.3 Å². The summed E-state index contributed by atoms with van der Waals surface area (Å²) in [5, 5.41) is 6.59. The van der Waals surface area contributed by atoms with Gasteiger partial charge in [-0.3, -0.25) is 4.79 Å². The first kappa shape index (κ1) is 22.7. The second kappa shape index (κ2) is 10.0. The van der Waals surface area contributed by atoms with Crippen LogP contribution in [0.1, 0.15) is 40.2 Å². The van der Waals surface area contributed by atoms with Crippen LogP contribution < -0.4 is 16.4 Å². The minimum atomic E-state index is -0.526. The fourth-order valence-electron chi connectivity index (χ4n) is 4.60. The second-order valence-corrected chi connectivity index (χ2v) is 9.14. The Balaban J connectivity index is 1.20. The number of pyridine rings is 1. The quantitative estimate of drug-likeness (QED) is 0.481. The summed E-state index contributed by atoms with van der Waals surface area (Å²) in [6, 6.07) is 20.1. The summed E-state index contributed by atoms with van der Waals surface area (Å²) in [5.41, 5.74) is 9.75. The zero-order chi connectivity index (χ0) is 24.2. The van der Waals surface area contributed by atoms with Gasteiger partial charge in [0.1, 0.15) is 5.82 Å². The smallest absolute Gasteiger partial charge is 0.320 e. The number of anilines is 3. The molecule has 3 amide bonds. The van der Waals surface area contributed by atoms with Gasteiger partial charge in [-0.25, -0.2) is 9.78 Å². The Kier molecular flexibility index (Phi) is 6.52. The number of nitrogens with zero attached hydrogens (tertiary/aromatic N) is 3. The van der Waals surface area contributed by atoms with Crippen molar-refractivity contribution in [1.29, 1.82) is 0 Å². The number of hydrogen-bond acceptors (Lipinski definition) is 5. The van der Waals surface area contributed by atoms with Crippen LogP contribution in [-0.4, -0.2) is 52.9 Å². The Morgan fingerprint density at radius 1 is 0.971 bits per heavy atom. The van der Waals surface area contributed by atoms with Crippen molar-refractivity contribution < 1.29 is 9.59 Å². The molecule has 0 aliphatic carbocycles. The maximum Gasteiger partial charge on any atom is 0.320 e. The van der Waals surface area contributed by atoms with Crippen LogP contribution in [0.2, 0.25) is 0 Å². The Hall–Kier alpha value is -4.07. The summed E-state index contributed by atoms with van der Waals surface area (Å²) in [7, 11) is 0. The van der Waals surface area contributed by atoms with E-state index in [-0.39, 0.29) is 6.03 Å². The van der Waals surface area contributed by atoms with Gasteiger partial charge in [-0.05, 0) is 36.1 Å². The molecule has 180 valence electrons. The number of rotatable bonds is 7. The highest BCUT2D eigenvalue weighted by Crippen LogP contribution is 2.30. The van der Waals surface area contributed by atoms with Gasteiger partial charge in [0.25, 0.3) is 5.91 Å². The molecule has 5 rings (SSSR count). The Morgan fingerprint density at radius 3 is 2.37 bits per heavy atom. The lowest BCUT2D eigenvalue weighted by atomic mass is 9.91. The molecule has 0 radical (unpaired) electrons. The van der Waals surface area contributed by atoms with Crippen LogP contribution in [0.5, 0.6) is 0 Å². The number of nitrogens with one attached hydrogen (secondary N) is 2. The van der Waals surface area contributed by atoms with Gasteiger partial charge in [-0.1, -0.05) is 42.5 Å². The fourth-order valence-corrected chi connectivity index (χ4v) is 4.60. The molecule has 0 atom stereocenters. The molecule has 3 aromatic rings. The minimum Gasteiger partial charge on any atom is -0.380 e. The van der Waals surface area contributed by atoms with Crippen LogP contribution in [0.4, 0.5) is 22.0 Å². The highest BCUT2D eigenvalue weighted by molar-refractivity contribution is 5.98. The third kappa shape index (κ3) is 5.21. The van der Waals surface area contributed by atoms with Gasteiger partial charge in [0.05, 0.1) is 11.3 Å². The first-order valence-electron chi connectivity index (χ1n) is 12.1. The molecule has 2 saturated heterocycles. The highest BCUT2D eigenvalue weighted by atomic mass is 16.2. The molecule has 0 bridgehead atoms. The predicted octanol–water partition coefficient (Wildman–Crippen LogP) is 4.15. The van der Waals surface area contributed by atoms with Gasteiger partial charge in [0, 0.05) is 56.6 Å². The molecule has 4 N–H and O–H groups in total. The first-order valence-corrected chi connectivity index (χ1v) is 12.1. The molecule has 8 nitrogen and oxygen atoms in total. The van der Waals surface area contributed by atoms with Crippen LogP contribution in [0.15, 0.2) is 66.9 Å². The van der Waals surface area contributed by atoms with E-state index >= 15 is 0 Å². The predicted molar refractivity (Wildman–Crippen MR) is 137 cm³/mol. The average Bonchev–Trinajstić information content (AvgIpc) is 3.39. The standard InChI is InChI=1S/C27H30N6O2/c28-26(34)23-16-30-25(14-24(23)29-15-19-6-2-1-3-7-19)31-22-10-8-20(9-11-22)21-17-33(18-21)27(35)32-12-4-5-13-32/h1-3,6-11,14,16,21H,4-5,12-13,15,17-18H2,(H2,28,34)(H2,29,30,31). The van der Waals surface area contributed by atoms with Crippen molar-refractivity contribution in [1.82, 2.24) is 14.8 Å². The summed E-state index contributed by atoms with van der Waals surface area (Å²) >= 11 is 0. The average molecular weight is 471 g/mol. The molecule has 2 aliphatic heterocycles. The SMILES string of the molecule is NC(=O)c1cnc(Nc2ccc(C3CN(C(=O)N4CCCC4)C3)cc2)cc1NCc1ccccc1. The van der Waals surface area contributed by atoms with E-state index in [0.29, 0.717) is 29.5 Å². The number of urea groups is 1. The van der Waals surface area contributed by atoms with Gasteiger partial charge in [-0.2, -0.15) is 0 Å². The van der Waals surface area contributed by atoms with Crippen LogP contribution >= 0.6 is 0 Å². The van der Waals surface area contributed by atoms with Crippen LogP contribution in [-0.2, 0) is 6.54 Å². The minimum absolute atomic E-state index is 0.180. The molecule has 0 spiro atoms. The number of amides is 3. The molecule has 2 fully saturated rings. The number of carbonyl (C=O) groups excluding carboxylic acids is 2. The van der Waals surface area contributed by atoms with Gasteiger partial charge in [-0.15, -0.1) is 0 Å². The number of nitrogens with two attached hydrogens (primary N) is 1. The Bertz CT molecular complexity index is 1190. The van der Waals surface area contributed by atoms with E-state index in [9.17, 15) is 9.59 Å². The number of primary amides is 1. The van der Waals surface area contributed by atoms with Gasteiger partial charge in [0.15, 0.2) is 0 Å². The summed E-state index contributed by atoms with van der Waals surface area (Å²) in [6.45, 7) is 3.89. The number of likely N-dealkylation sites (tertiary alicyclic amines) is 2. The second-order valence-electron chi connectivity index (χ2n) is 9.14. The van der Waals surface area contributed by atoms with Crippen molar-refractivity contribution in [3.8, 4) is 0 Å².